The number of carbonyl (C=O) groups excluding carboxylic acids is 2. The van der Waals surface area contributed by atoms with Crippen molar-refractivity contribution in [1.82, 2.24) is 14.9 Å². The lowest BCUT2D eigenvalue weighted by Crippen LogP contribution is -2.47. The quantitative estimate of drug-likeness (QED) is 0.289. The molecule has 6 nitrogen and oxygen atoms in total. The molecule has 6 heteroatoms. The van der Waals surface area contributed by atoms with E-state index in [-0.39, 0.29) is 29.6 Å². The van der Waals surface area contributed by atoms with Crippen LogP contribution in [0.5, 0.6) is 0 Å². The fourth-order valence-corrected chi connectivity index (χ4v) is 7.10. The number of hydrogen-bond acceptors (Lipinski definition) is 2. The lowest BCUT2D eigenvalue weighted by atomic mass is 9.67. The molecule has 2 amide bonds. The molecule has 2 aliphatic rings. The minimum absolute atomic E-state index is 0.0380. The molecule has 4 heterocycles. The van der Waals surface area contributed by atoms with Crippen LogP contribution in [0.1, 0.15) is 41.5 Å². The summed E-state index contributed by atoms with van der Waals surface area (Å²) in [5, 5.41) is 2.47. The van der Waals surface area contributed by atoms with E-state index in [1.807, 2.05) is 29.7 Å². The summed E-state index contributed by atoms with van der Waals surface area (Å²) in [6.45, 7) is 5.83. The average Bonchev–Trinajstić information content (AvgIpc) is 3.71. The zero-order valence-corrected chi connectivity index (χ0v) is 23.0. The molecule has 0 saturated carbocycles. The number of fused-ring (bicyclic) bond motifs is 2. The Labute approximate surface area is 234 Å². The highest BCUT2D eigenvalue weighted by Crippen LogP contribution is 2.47. The van der Waals surface area contributed by atoms with E-state index >= 15 is 0 Å². The number of likely N-dealkylation sites (tertiary alicyclic amines) is 1. The van der Waals surface area contributed by atoms with E-state index < -0.39 is 0 Å². The van der Waals surface area contributed by atoms with Gasteiger partial charge in [-0.3, -0.25) is 9.59 Å². The van der Waals surface area contributed by atoms with Gasteiger partial charge in [0.25, 0.3) is 0 Å². The van der Waals surface area contributed by atoms with Crippen molar-refractivity contribution in [3.05, 3.63) is 101 Å². The van der Waals surface area contributed by atoms with Crippen LogP contribution >= 0.6 is 0 Å². The monoisotopic (exact) mass is 530 g/mol. The summed E-state index contributed by atoms with van der Waals surface area (Å²) in [5.41, 5.74) is 7.72. The molecule has 2 saturated heterocycles. The molecule has 40 heavy (non-hydrogen) atoms. The molecule has 2 fully saturated rings. The van der Waals surface area contributed by atoms with E-state index in [1.54, 1.807) is 0 Å². The largest absolute Gasteiger partial charge is 0.361 e. The SMILES string of the molecule is Cc1ccc(C)c(N2C[C@@H](C(=O)N3CCC(c4c[nH]c5ccccc45)(c4c[nH]c5ccccc45)CC3)CC2=O)c1. The smallest absolute Gasteiger partial charge is 0.228 e. The first-order valence-electron chi connectivity index (χ1n) is 14.2. The normalized spacial score (nSPS) is 19.1. The second-order valence-electron chi connectivity index (χ2n) is 11.6. The Morgan fingerprint density at radius 1 is 0.850 bits per heavy atom. The molecule has 0 aliphatic carbocycles. The first-order chi connectivity index (χ1) is 19.4. The van der Waals surface area contributed by atoms with Gasteiger partial charge in [-0.1, -0.05) is 48.5 Å². The van der Waals surface area contributed by atoms with Gasteiger partial charge in [-0.15, -0.1) is 0 Å². The van der Waals surface area contributed by atoms with Crippen molar-refractivity contribution < 1.29 is 9.59 Å². The van der Waals surface area contributed by atoms with Gasteiger partial charge in [0.15, 0.2) is 0 Å². The molecular formula is C34H34N4O2. The van der Waals surface area contributed by atoms with Crippen molar-refractivity contribution in [2.75, 3.05) is 24.5 Å². The zero-order chi connectivity index (χ0) is 27.4. The third-order valence-electron chi connectivity index (χ3n) is 9.27. The topological polar surface area (TPSA) is 72.2 Å². The molecule has 202 valence electrons. The van der Waals surface area contributed by atoms with Crippen LogP contribution in [0.4, 0.5) is 5.69 Å². The minimum atomic E-state index is -0.305. The van der Waals surface area contributed by atoms with E-state index in [9.17, 15) is 9.59 Å². The number of aromatic amines is 2. The van der Waals surface area contributed by atoms with Gasteiger partial charge >= 0.3 is 0 Å². The molecule has 0 unspecified atom stereocenters. The molecule has 3 aromatic carbocycles. The van der Waals surface area contributed by atoms with Gasteiger partial charge in [0.05, 0.1) is 5.92 Å². The van der Waals surface area contributed by atoms with Gasteiger partial charge in [0.1, 0.15) is 0 Å². The summed E-state index contributed by atoms with van der Waals surface area (Å²) in [6, 6.07) is 23.1. The highest BCUT2D eigenvalue weighted by atomic mass is 16.2. The second-order valence-corrected chi connectivity index (χ2v) is 11.6. The Bertz CT molecular complexity index is 1680. The molecule has 1 atom stereocenters. The number of H-pyrrole nitrogens is 2. The van der Waals surface area contributed by atoms with Crippen molar-refractivity contribution in [1.29, 1.82) is 0 Å². The fraction of sp³-hybridized carbons (Fsp3) is 0.294. The number of rotatable bonds is 4. The van der Waals surface area contributed by atoms with E-state index in [2.05, 4.69) is 83.0 Å². The first kappa shape index (κ1) is 24.7. The molecule has 7 rings (SSSR count). The number of piperidine rings is 1. The average molecular weight is 531 g/mol. The summed E-state index contributed by atoms with van der Waals surface area (Å²) in [7, 11) is 0. The standard InChI is InChI=1S/C34H34N4O2/c1-22-11-12-23(2)31(17-22)38-21-24(18-32(38)39)33(40)37-15-13-34(14-16-37,27-19-35-29-9-5-3-7-25(27)29)28-20-36-30-10-6-4-8-26(28)30/h3-12,17,19-20,24,35-36H,13-16,18,21H2,1-2H3/t24-/m0/s1. The molecule has 2 N–H and O–H groups in total. The number of para-hydroxylation sites is 2. The second kappa shape index (κ2) is 9.40. The molecular weight excluding hydrogens is 496 g/mol. The van der Waals surface area contributed by atoms with Crippen molar-refractivity contribution >= 4 is 39.3 Å². The number of hydrogen-bond donors (Lipinski definition) is 2. The molecule has 2 aliphatic heterocycles. The van der Waals surface area contributed by atoms with Gasteiger partial charge in [-0.05, 0) is 67.1 Å². The third kappa shape index (κ3) is 3.85. The van der Waals surface area contributed by atoms with Crippen LogP contribution in [0.2, 0.25) is 0 Å². The third-order valence-corrected chi connectivity index (χ3v) is 9.27. The van der Waals surface area contributed by atoms with E-state index in [1.165, 1.54) is 21.9 Å². The number of carbonyl (C=O) groups is 2. The molecule has 2 aromatic heterocycles. The number of amides is 2. The number of benzene rings is 3. The Morgan fingerprint density at radius 3 is 2.08 bits per heavy atom. The van der Waals surface area contributed by atoms with Crippen molar-refractivity contribution in [2.45, 2.75) is 38.5 Å². The number of aromatic nitrogens is 2. The number of nitrogens with one attached hydrogen (secondary N) is 2. The summed E-state index contributed by atoms with van der Waals surface area (Å²) >= 11 is 0. The summed E-state index contributed by atoms with van der Waals surface area (Å²) in [4.78, 5) is 37.7. The van der Waals surface area contributed by atoms with Crippen molar-refractivity contribution in [2.24, 2.45) is 5.92 Å². The maximum atomic E-state index is 13.8. The number of aryl methyl sites for hydroxylation is 2. The molecule has 0 radical (unpaired) electrons. The van der Waals surface area contributed by atoms with Crippen LogP contribution in [-0.2, 0) is 15.0 Å². The van der Waals surface area contributed by atoms with Gasteiger partial charge in [-0.25, -0.2) is 0 Å². The Hall–Kier alpha value is -4.32. The highest BCUT2D eigenvalue weighted by molar-refractivity contribution is 6.01. The predicted octanol–water partition coefficient (Wildman–Crippen LogP) is 6.23. The summed E-state index contributed by atoms with van der Waals surface area (Å²) in [5.74, 6) is -0.162. The van der Waals surface area contributed by atoms with E-state index in [0.717, 1.165) is 40.7 Å². The number of anilines is 1. The predicted molar refractivity (Wildman–Crippen MR) is 160 cm³/mol. The van der Waals surface area contributed by atoms with Gasteiger partial charge < -0.3 is 19.8 Å². The number of nitrogens with zero attached hydrogens (tertiary/aromatic N) is 2. The molecule has 0 bridgehead atoms. The maximum Gasteiger partial charge on any atom is 0.228 e. The van der Waals surface area contributed by atoms with Crippen LogP contribution < -0.4 is 4.90 Å². The summed E-state index contributed by atoms with van der Waals surface area (Å²) in [6.07, 6.45) is 6.26. The first-order valence-corrected chi connectivity index (χ1v) is 14.2. The molecule has 0 spiro atoms. The van der Waals surface area contributed by atoms with Crippen LogP contribution in [0, 0.1) is 19.8 Å². The molecule has 5 aromatic rings. The minimum Gasteiger partial charge on any atom is -0.361 e. The summed E-state index contributed by atoms with van der Waals surface area (Å²) < 4.78 is 0. The van der Waals surface area contributed by atoms with Crippen LogP contribution in [0.25, 0.3) is 21.8 Å². The maximum absolute atomic E-state index is 13.8. The Morgan fingerprint density at radius 2 is 1.45 bits per heavy atom. The Kier molecular flexibility index (Phi) is 5.81. The van der Waals surface area contributed by atoms with Crippen LogP contribution in [0.15, 0.2) is 79.1 Å². The van der Waals surface area contributed by atoms with E-state index in [0.29, 0.717) is 19.6 Å². The van der Waals surface area contributed by atoms with Crippen LogP contribution in [0.3, 0.4) is 0 Å². The highest BCUT2D eigenvalue weighted by Gasteiger charge is 2.44. The van der Waals surface area contributed by atoms with Gasteiger partial charge in [0, 0.05) is 71.4 Å². The van der Waals surface area contributed by atoms with E-state index in [4.69, 9.17) is 0 Å². The fourth-order valence-electron chi connectivity index (χ4n) is 7.10. The zero-order valence-electron chi connectivity index (χ0n) is 23.0. The lowest BCUT2D eigenvalue weighted by molar-refractivity contribution is -0.137. The lowest BCUT2D eigenvalue weighted by Gasteiger charge is -2.43. The van der Waals surface area contributed by atoms with Crippen molar-refractivity contribution in [3.63, 3.8) is 0 Å². The van der Waals surface area contributed by atoms with Gasteiger partial charge in [0.2, 0.25) is 11.8 Å². The van der Waals surface area contributed by atoms with Gasteiger partial charge in [-0.2, -0.15) is 0 Å². The van der Waals surface area contributed by atoms with Crippen molar-refractivity contribution in [3.8, 4) is 0 Å². The Balaban J connectivity index is 1.18. The van der Waals surface area contributed by atoms with Crippen LogP contribution in [-0.4, -0.2) is 46.3 Å².